The lowest BCUT2D eigenvalue weighted by atomic mass is 10.0. The second-order valence-corrected chi connectivity index (χ2v) is 5.21. The third-order valence-corrected chi connectivity index (χ3v) is 3.73. The van der Waals surface area contributed by atoms with E-state index in [0.29, 0.717) is 17.9 Å². The standard InChI is InChI=1S/C16H18N2O/c1-11-17-8-7-15(18-11)16(19)10-12-5-6-13-3-2-4-14(13)9-12/h5-9,16,19H,2-4,10H2,1H3. The highest BCUT2D eigenvalue weighted by Gasteiger charge is 2.14. The summed E-state index contributed by atoms with van der Waals surface area (Å²) in [6.45, 7) is 1.84. The number of hydrogen-bond donors (Lipinski definition) is 1. The summed E-state index contributed by atoms with van der Waals surface area (Å²) < 4.78 is 0. The minimum Gasteiger partial charge on any atom is -0.386 e. The zero-order valence-electron chi connectivity index (χ0n) is 11.1. The number of aliphatic hydroxyl groups excluding tert-OH is 1. The molecule has 1 aliphatic rings. The summed E-state index contributed by atoms with van der Waals surface area (Å²) in [6, 6.07) is 8.35. The number of aryl methyl sites for hydroxylation is 3. The molecule has 2 aromatic rings. The zero-order chi connectivity index (χ0) is 13.2. The van der Waals surface area contributed by atoms with Crippen molar-refractivity contribution in [2.45, 2.75) is 38.7 Å². The maximum atomic E-state index is 10.3. The van der Waals surface area contributed by atoms with E-state index in [-0.39, 0.29) is 0 Å². The van der Waals surface area contributed by atoms with Crippen molar-refractivity contribution in [1.82, 2.24) is 9.97 Å². The Morgan fingerprint density at radius 1 is 1.21 bits per heavy atom. The third kappa shape index (κ3) is 2.66. The highest BCUT2D eigenvalue weighted by atomic mass is 16.3. The molecule has 0 bridgehead atoms. The second kappa shape index (κ2) is 5.10. The minimum atomic E-state index is -0.554. The van der Waals surface area contributed by atoms with Crippen molar-refractivity contribution >= 4 is 0 Å². The number of benzene rings is 1. The van der Waals surface area contributed by atoms with Gasteiger partial charge in [0.25, 0.3) is 0 Å². The van der Waals surface area contributed by atoms with Crippen LogP contribution in [0.2, 0.25) is 0 Å². The molecular weight excluding hydrogens is 236 g/mol. The van der Waals surface area contributed by atoms with Gasteiger partial charge in [0.05, 0.1) is 5.69 Å². The molecule has 3 rings (SSSR count). The highest BCUT2D eigenvalue weighted by molar-refractivity contribution is 5.35. The van der Waals surface area contributed by atoms with Gasteiger partial charge in [0.2, 0.25) is 0 Å². The van der Waals surface area contributed by atoms with E-state index in [1.165, 1.54) is 36.0 Å². The van der Waals surface area contributed by atoms with Gasteiger partial charge in [-0.2, -0.15) is 0 Å². The molecule has 0 aliphatic heterocycles. The Kier molecular flexibility index (Phi) is 3.30. The van der Waals surface area contributed by atoms with Crippen LogP contribution in [0.4, 0.5) is 0 Å². The van der Waals surface area contributed by atoms with Gasteiger partial charge >= 0.3 is 0 Å². The molecule has 19 heavy (non-hydrogen) atoms. The summed E-state index contributed by atoms with van der Waals surface area (Å²) in [6.07, 6.45) is 5.38. The van der Waals surface area contributed by atoms with Crippen molar-refractivity contribution in [2.24, 2.45) is 0 Å². The molecule has 0 radical (unpaired) electrons. The zero-order valence-corrected chi connectivity index (χ0v) is 11.1. The highest BCUT2D eigenvalue weighted by Crippen LogP contribution is 2.25. The van der Waals surface area contributed by atoms with Crippen LogP contribution in [0, 0.1) is 6.92 Å². The predicted molar refractivity (Wildman–Crippen MR) is 73.9 cm³/mol. The molecule has 1 aromatic heterocycles. The molecule has 1 aromatic carbocycles. The molecule has 3 nitrogen and oxygen atoms in total. The summed E-state index contributed by atoms with van der Waals surface area (Å²) in [5, 5.41) is 10.3. The molecule has 1 aliphatic carbocycles. The van der Waals surface area contributed by atoms with Gasteiger partial charge in [-0.25, -0.2) is 9.97 Å². The number of aromatic nitrogens is 2. The monoisotopic (exact) mass is 254 g/mol. The average molecular weight is 254 g/mol. The first kappa shape index (κ1) is 12.3. The van der Waals surface area contributed by atoms with E-state index in [2.05, 4.69) is 28.2 Å². The molecule has 98 valence electrons. The van der Waals surface area contributed by atoms with Crippen LogP contribution < -0.4 is 0 Å². The van der Waals surface area contributed by atoms with Crippen LogP contribution in [-0.2, 0) is 19.3 Å². The van der Waals surface area contributed by atoms with Crippen LogP contribution in [0.5, 0.6) is 0 Å². The molecule has 0 saturated carbocycles. The van der Waals surface area contributed by atoms with E-state index in [4.69, 9.17) is 0 Å². The average Bonchev–Trinajstić information content (AvgIpc) is 2.86. The molecule has 1 heterocycles. The predicted octanol–water partition coefficient (Wildman–Crippen LogP) is 2.55. The quantitative estimate of drug-likeness (QED) is 0.915. The fourth-order valence-electron chi connectivity index (χ4n) is 2.74. The molecule has 0 spiro atoms. The SMILES string of the molecule is Cc1nccc(C(O)Cc2ccc3c(c2)CCC3)n1. The largest absolute Gasteiger partial charge is 0.386 e. The van der Waals surface area contributed by atoms with Gasteiger partial charge in [-0.1, -0.05) is 18.2 Å². The van der Waals surface area contributed by atoms with Crippen molar-refractivity contribution in [3.05, 3.63) is 58.7 Å². The molecule has 0 fully saturated rings. The van der Waals surface area contributed by atoms with Crippen LogP contribution in [0.1, 0.15) is 40.7 Å². The van der Waals surface area contributed by atoms with Gasteiger partial charge in [-0.3, -0.25) is 0 Å². The van der Waals surface area contributed by atoms with E-state index < -0.39 is 6.10 Å². The first-order valence-electron chi connectivity index (χ1n) is 6.80. The van der Waals surface area contributed by atoms with E-state index in [1.807, 2.05) is 6.92 Å². The fraction of sp³-hybridized carbons (Fsp3) is 0.375. The Balaban J connectivity index is 1.77. The maximum Gasteiger partial charge on any atom is 0.125 e. The van der Waals surface area contributed by atoms with Crippen LogP contribution in [0.15, 0.2) is 30.5 Å². The topological polar surface area (TPSA) is 46.0 Å². The number of aliphatic hydroxyl groups is 1. The van der Waals surface area contributed by atoms with Crippen molar-refractivity contribution in [3.8, 4) is 0 Å². The second-order valence-electron chi connectivity index (χ2n) is 5.21. The molecule has 0 saturated heterocycles. The summed E-state index contributed by atoms with van der Waals surface area (Å²) in [4.78, 5) is 8.33. The van der Waals surface area contributed by atoms with Gasteiger partial charge in [-0.15, -0.1) is 0 Å². The lowest BCUT2D eigenvalue weighted by Crippen LogP contribution is -2.06. The maximum absolute atomic E-state index is 10.3. The van der Waals surface area contributed by atoms with Gasteiger partial charge < -0.3 is 5.11 Å². The summed E-state index contributed by atoms with van der Waals surface area (Å²) in [5.74, 6) is 0.700. The van der Waals surface area contributed by atoms with Crippen molar-refractivity contribution < 1.29 is 5.11 Å². The first-order valence-corrected chi connectivity index (χ1v) is 6.80. The van der Waals surface area contributed by atoms with Gasteiger partial charge in [0.1, 0.15) is 11.9 Å². The van der Waals surface area contributed by atoms with Crippen LogP contribution in [-0.4, -0.2) is 15.1 Å². The molecule has 1 atom stereocenters. The molecule has 1 N–H and O–H groups in total. The van der Waals surface area contributed by atoms with Crippen LogP contribution >= 0.6 is 0 Å². The van der Waals surface area contributed by atoms with E-state index in [0.717, 1.165) is 0 Å². The molecule has 3 heteroatoms. The van der Waals surface area contributed by atoms with Crippen molar-refractivity contribution in [1.29, 1.82) is 0 Å². The van der Waals surface area contributed by atoms with E-state index >= 15 is 0 Å². The number of nitrogens with zero attached hydrogens (tertiary/aromatic N) is 2. The molecule has 0 amide bonds. The third-order valence-electron chi connectivity index (χ3n) is 3.73. The van der Waals surface area contributed by atoms with Crippen LogP contribution in [0.25, 0.3) is 0 Å². The van der Waals surface area contributed by atoms with Gasteiger partial charge in [0, 0.05) is 12.6 Å². The van der Waals surface area contributed by atoms with Crippen molar-refractivity contribution in [2.75, 3.05) is 0 Å². The summed E-state index contributed by atoms with van der Waals surface area (Å²) in [5.41, 5.74) is 4.80. The first-order chi connectivity index (χ1) is 9.22. The Bertz CT molecular complexity index is 595. The summed E-state index contributed by atoms with van der Waals surface area (Å²) in [7, 11) is 0. The van der Waals surface area contributed by atoms with E-state index in [9.17, 15) is 5.11 Å². The normalized spacial score (nSPS) is 15.3. The van der Waals surface area contributed by atoms with Crippen molar-refractivity contribution in [3.63, 3.8) is 0 Å². The minimum absolute atomic E-state index is 0.554. The van der Waals surface area contributed by atoms with Gasteiger partial charge in [0.15, 0.2) is 0 Å². The Labute approximate surface area is 113 Å². The number of rotatable bonds is 3. The Morgan fingerprint density at radius 2 is 2.05 bits per heavy atom. The smallest absolute Gasteiger partial charge is 0.125 e. The number of hydrogen-bond acceptors (Lipinski definition) is 3. The lowest BCUT2D eigenvalue weighted by molar-refractivity contribution is 0.173. The molecular formula is C16H18N2O. The Hall–Kier alpha value is -1.74. The Morgan fingerprint density at radius 3 is 2.89 bits per heavy atom. The lowest BCUT2D eigenvalue weighted by Gasteiger charge is -2.11. The number of fused-ring (bicyclic) bond motifs is 1. The van der Waals surface area contributed by atoms with Gasteiger partial charge in [-0.05, 0) is 48.9 Å². The molecule has 1 unspecified atom stereocenters. The fourth-order valence-corrected chi connectivity index (χ4v) is 2.74. The van der Waals surface area contributed by atoms with Crippen LogP contribution in [0.3, 0.4) is 0 Å². The summed E-state index contributed by atoms with van der Waals surface area (Å²) >= 11 is 0. The van der Waals surface area contributed by atoms with E-state index in [1.54, 1.807) is 12.3 Å².